The first-order chi connectivity index (χ1) is 10.9. The molecule has 0 radical (unpaired) electrons. The molecule has 0 atom stereocenters. The molecule has 1 nitrogen and oxygen atoms in total. The van der Waals surface area contributed by atoms with Crippen LogP contribution in [0, 0.1) is 0 Å². The number of rotatable bonds is 5. The van der Waals surface area contributed by atoms with Crippen molar-refractivity contribution in [1.82, 2.24) is 0 Å². The normalized spacial score (nSPS) is 10.2. The Balaban J connectivity index is 0.000000377. The van der Waals surface area contributed by atoms with Crippen molar-refractivity contribution in [2.45, 2.75) is 13.3 Å². The molecule has 3 aromatic rings. The number of allylic oxidation sites excluding steroid dienone is 1. The summed E-state index contributed by atoms with van der Waals surface area (Å²) in [5, 5.41) is 0. The molecule has 0 bridgehead atoms. The topological polar surface area (TPSA) is 9.23 Å². The van der Waals surface area contributed by atoms with E-state index in [1.54, 1.807) is 0 Å². The van der Waals surface area contributed by atoms with E-state index in [-0.39, 0.29) is 17.1 Å². The number of benzene rings is 1. The second-order valence-corrected chi connectivity index (χ2v) is 4.83. The molecule has 120 valence electrons. The van der Waals surface area contributed by atoms with Crippen LogP contribution >= 0.6 is 0 Å². The van der Waals surface area contributed by atoms with Crippen LogP contribution < -0.4 is 0 Å². The first-order valence-corrected chi connectivity index (χ1v) is 7.66. The average Bonchev–Trinajstić information content (AvgIpc) is 3.28. The molecule has 23 heavy (non-hydrogen) atoms. The summed E-state index contributed by atoms with van der Waals surface area (Å²) in [6.07, 6.45) is 3.05. The molecular weight excluding hydrogens is 324 g/mol. The van der Waals surface area contributed by atoms with Crippen LogP contribution in [0.3, 0.4) is 0 Å². The third kappa shape index (κ3) is 7.19. The fourth-order valence-electron chi connectivity index (χ4n) is 2.10. The van der Waals surface area contributed by atoms with E-state index >= 15 is 0 Å². The van der Waals surface area contributed by atoms with Crippen molar-refractivity contribution in [2.75, 3.05) is 6.61 Å². The van der Waals surface area contributed by atoms with Crippen LogP contribution in [0.1, 0.15) is 18.1 Å². The zero-order valence-electron chi connectivity index (χ0n) is 13.3. The van der Waals surface area contributed by atoms with E-state index < -0.39 is 0 Å². The van der Waals surface area contributed by atoms with Crippen molar-refractivity contribution in [2.24, 2.45) is 0 Å². The summed E-state index contributed by atoms with van der Waals surface area (Å²) in [6, 6.07) is 28.6. The molecule has 2 heteroatoms. The summed E-state index contributed by atoms with van der Waals surface area (Å²) in [4.78, 5) is 0. The van der Waals surface area contributed by atoms with Crippen molar-refractivity contribution in [3.05, 3.63) is 102 Å². The Morgan fingerprint density at radius 2 is 1.65 bits per heavy atom. The predicted molar refractivity (Wildman–Crippen MR) is 93.8 cm³/mol. The minimum atomic E-state index is 0. The zero-order chi connectivity index (χ0) is 15.5. The second-order valence-electron chi connectivity index (χ2n) is 4.83. The summed E-state index contributed by atoms with van der Waals surface area (Å²) >= 11 is 0. The molecular formula is C21H22FeO. The monoisotopic (exact) mass is 346 g/mol. The molecule has 0 saturated heterocycles. The summed E-state index contributed by atoms with van der Waals surface area (Å²) in [5.74, 6) is 0.973. The molecule has 0 saturated carbocycles. The summed E-state index contributed by atoms with van der Waals surface area (Å²) < 4.78 is 5.67. The Labute approximate surface area is 149 Å². The van der Waals surface area contributed by atoms with Crippen LogP contribution in [0.2, 0.25) is 0 Å². The Bertz CT molecular complexity index is 605. The molecule has 3 aromatic carbocycles. The van der Waals surface area contributed by atoms with E-state index in [9.17, 15) is 0 Å². The van der Waals surface area contributed by atoms with E-state index in [1.165, 1.54) is 5.56 Å². The second kappa shape index (κ2) is 11.5. The minimum Gasteiger partial charge on any atom is -0.513 e. The molecule has 3 rings (SSSR count). The third-order valence-corrected chi connectivity index (χ3v) is 3.17. The van der Waals surface area contributed by atoms with Gasteiger partial charge in [0.25, 0.3) is 0 Å². The maximum absolute atomic E-state index is 5.67. The van der Waals surface area contributed by atoms with Gasteiger partial charge in [0.15, 0.2) is 0 Å². The summed E-state index contributed by atoms with van der Waals surface area (Å²) in [5.41, 5.74) is 2.46. The fourth-order valence-corrected chi connectivity index (χ4v) is 2.10. The molecule has 0 aliphatic heterocycles. The van der Waals surface area contributed by atoms with Gasteiger partial charge in [0.1, 0.15) is 0 Å². The van der Waals surface area contributed by atoms with E-state index in [0.717, 1.165) is 17.7 Å². The number of ether oxygens (including phenoxy) is 1. The van der Waals surface area contributed by atoms with Crippen molar-refractivity contribution in [1.29, 1.82) is 0 Å². The fraction of sp³-hybridized carbons (Fsp3) is 0.143. The van der Waals surface area contributed by atoms with Gasteiger partial charge in [-0.15, -0.1) is 18.2 Å². The van der Waals surface area contributed by atoms with Crippen LogP contribution in [0.5, 0.6) is 0 Å². The zero-order valence-corrected chi connectivity index (χ0v) is 14.4. The average molecular weight is 346 g/mol. The van der Waals surface area contributed by atoms with Crippen LogP contribution in [0.25, 0.3) is 5.76 Å². The molecule has 0 amide bonds. The molecule has 0 aliphatic rings. The van der Waals surface area contributed by atoms with Gasteiger partial charge in [-0.3, -0.25) is 0 Å². The van der Waals surface area contributed by atoms with Gasteiger partial charge < -0.3 is 4.74 Å². The number of hydrogen-bond donors (Lipinski definition) is 0. The maximum atomic E-state index is 5.67. The Hall–Kier alpha value is -2.02. The first kappa shape index (κ1) is 19.0. The Morgan fingerprint density at radius 3 is 2.17 bits per heavy atom. The van der Waals surface area contributed by atoms with Crippen molar-refractivity contribution >= 4 is 5.76 Å². The summed E-state index contributed by atoms with van der Waals surface area (Å²) in [7, 11) is 0. The SMILES string of the molecule is CCOC(=CCc1ccccc1)[c-]1cccc1.[Fe+2].c1cc[cH-]c1. The van der Waals surface area contributed by atoms with Crippen LogP contribution in [0.15, 0.2) is 91.0 Å². The number of hydrogen-bond acceptors (Lipinski definition) is 1. The Morgan fingerprint density at radius 1 is 1.00 bits per heavy atom. The standard InChI is InChI=1S/C16H17O.C5H5.Fe/c1-2-17-16(15-10-6-7-11-15)13-12-14-8-4-3-5-9-14;1-2-4-5-3-1;/h3-11,13H,2,12H2,1H3;1-5H;/q2*-1;+2. The molecule has 0 unspecified atom stereocenters. The first-order valence-electron chi connectivity index (χ1n) is 7.66. The van der Waals surface area contributed by atoms with Crippen LogP contribution in [-0.2, 0) is 28.2 Å². The van der Waals surface area contributed by atoms with E-state index in [1.807, 2.05) is 55.5 Å². The molecule has 0 aliphatic carbocycles. The quantitative estimate of drug-likeness (QED) is 0.340. The maximum Gasteiger partial charge on any atom is 2.00 e. The minimum absolute atomic E-state index is 0. The smallest absolute Gasteiger partial charge is 0.513 e. The van der Waals surface area contributed by atoms with Crippen molar-refractivity contribution in [3.63, 3.8) is 0 Å². The van der Waals surface area contributed by atoms with Crippen LogP contribution in [0.4, 0.5) is 0 Å². The Kier molecular flexibility index (Phi) is 9.54. The van der Waals surface area contributed by atoms with Gasteiger partial charge in [-0.25, -0.2) is 12.1 Å². The van der Waals surface area contributed by atoms with Crippen molar-refractivity contribution < 1.29 is 21.8 Å². The molecule has 0 aromatic heterocycles. The van der Waals surface area contributed by atoms with Crippen LogP contribution in [-0.4, -0.2) is 6.61 Å². The molecule has 0 heterocycles. The molecule has 0 N–H and O–H groups in total. The van der Waals surface area contributed by atoms with Gasteiger partial charge in [-0.2, -0.15) is 30.3 Å². The van der Waals surface area contributed by atoms with Gasteiger partial charge in [0.05, 0.1) is 6.61 Å². The summed E-state index contributed by atoms with van der Waals surface area (Å²) in [6.45, 7) is 2.71. The van der Waals surface area contributed by atoms with Gasteiger partial charge in [-0.1, -0.05) is 41.5 Å². The van der Waals surface area contributed by atoms with Gasteiger partial charge in [0.2, 0.25) is 0 Å². The third-order valence-electron chi connectivity index (χ3n) is 3.17. The van der Waals surface area contributed by atoms with E-state index in [2.05, 4.69) is 42.5 Å². The van der Waals surface area contributed by atoms with E-state index in [0.29, 0.717) is 6.61 Å². The van der Waals surface area contributed by atoms with E-state index in [4.69, 9.17) is 4.74 Å². The predicted octanol–water partition coefficient (Wildman–Crippen LogP) is 5.43. The molecule has 0 spiro atoms. The molecule has 0 fully saturated rings. The van der Waals surface area contributed by atoms with Gasteiger partial charge >= 0.3 is 17.1 Å². The van der Waals surface area contributed by atoms with Gasteiger partial charge in [-0.05, 0) is 13.3 Å². The van der Waals surface area contributed by atoms with Crippen molar-refractivity contribution in [3.8, 4) is 0 Å². The largest absolute Gasteiger partial charge is 2.00 e. The van der Waals surface area contributed by atoms with Gasteiger partial charge in [0, 0.05) is 5.76 Å².